The van der Waals surface area contributed by atoms with Crippen LogP contribution in [0, 0.1) is 0 Å². The second kappa shape index (κ2) is 9.26. The van der Waals surface area contributed by atoms with Crippen LogP contribution in [0.25, 0.3) is 0 Å². The molecule has 146 valence electrons. The molecule has 0 aliphatic carbocycles. The molecule has 10 heteroatoms. The number of hydrogen-bond acceptors (Lipinski definition) is 6. The monoisotopic (exact) mass is 384 g/mol. The summed E-state index contributed by atoms with van der Waals surface area (Å²) in [5, 5.41) is 7.12. The molecule has 1 N–H and O–H groups in total. The molecule has 0 saturated heterocycles. The van der Waals surface area contributed by atoms with Crippen LogP contribution in [0.1, 0.15) is 17.0 Å². The van der Waals surface area contributed by atoms with E-state index in [4.69, 9.17) is 14.6 Å². The Morgan fingerprint density at radius 1 is 1.22 bits per heavy atom. The molecule has 0 bridgehead atoms. The first-order valence-electron chi connectivity index (χ1n) is 8.10. The van der Waals surface area contributed by atoms with Crippen molar-refractivity contribution in [3.8, 4) is 5.88 Å². The van der Waals surface area contributed by atoms with Gasteiger partial charge in [0.05, 0.1) is 18.5 Å². The zero-order valence-corrected chi connectivity index (χ0v) is 14.6. The SMILES string of the molecule is COc1ncnc2c1CCN(Cc1ccccn1)CC2.O=C(O)C(F)(F)F. The number of halogens is 3. The van der Waals surface area contributed by atoms with E-state index < -0.39 is 12.1 Å². The van der Waals surface area contributed by atoms with Crippen molar-refractivity contribution in [3.63, 3.8) is 0 Å². The number of nitrogens with zero attached hydrogens (tertiary/aromatic N) is 4. The van der Waals surface area contributed by atoms with Gasteiger partial charge in [0.25, 0.3) is 0 Å². The standard InChI is InChI=1S/C15H18N4O.C2HF3O2/c1-20-15-13-5-8-19(9-6-14(13)17-11-18-15)10-12-4-2-3-7-16-12;3-2(4,5)1(6)7/h2-4,7,11H,5-6,8-10H2,1H3;(H,6,7). The van der Waals surface area contributed by atoms with Crippen molar-refractivity contribution in [2.75, 3.05) is 20.2 Å². The lowest BCUT2D eigenvalue weighted by Gasteiger charge is -2.18. The van der Waals surface area contributed by atoms with Gasteiger partial charge in [0.2, 0.25) is 5.88 Å². The van der Waals surface area contributed by atoms with Gasteiger partial charge in [-0.15, -0.1) is 0 Å². The normalized spacial score (nSPS) is 14.4. The minimum Gasteiger partial charge on any atom is -0.481 e. The number of carboxylic acid groups (broad SMARTS) is 1. The van der Waals surface area contributed by atoms with E-state index >= 15 is 0 Å². The number of alkyl halides is 3. The zero-order valence-electron chi connectivity index (χ0n) is 14.6. The third-order valence-corrected chi connectivity index (χ3v) is 3.89. The van der Waals surface area contributed by atoms with Crippen molar-refractivity contribution in [1.82, 2.24) is 19.9 Å². The maximum Gasteiger partial charge on any atom is 0.490 e. The number of carboxylic acids is 1. The first-order chi connectivity index (χ1) is 12.8. The molecular weight excluding hydrogens is 365 g/mol. The maximum absolute atomic E-state index is 10.6. The van der Waals surface area contributed by atoms with Crippen molar-refractivity contribution >= 4 is 5.97 Å². The lowest BCUT2D eigenvalue weighted by atomic mass is 10.1. The number of hydrogen-bond donors (Lipinski definition) is 1. The molecule has 0 radical (unpaired) electrons. The summed E-state index contributed by atoms with van der Waals surface area (Å²) in [4.78, 5) is 24.3. The van der Waals surface area contributed by atoms with Crippen molar-refractivity contribution < 1.29 is 27.8 Å². The van der Waals surface area contributed by atoms with Crippen LogP contribution in [-0.2, 0) is 24.2 Å². The third kappa shape index (κ3) is 6.17. The van der Waals surface area contributed by atoms with Gasteiger partial charge in [-0.2, -0.15) is 13.2 Å². The Hall–Kier alpha value is -2.75. The number of ether oxygens (including phenoxy) is 1. The van der Waals surface area contributed by atoms with Crippen molar-refractivity contribution in [2.45, 2.75) is 25.6 Å². The van der Waals surface area contributed by atoms with Gasteiger partial charge in [0.15, 0.2) is 0 Å². The molecule has 0 aromatic carbocycles. The van der Waals surface area contributed by atoms with Crippen molar-refractivity contribution in [2.24, 2.45) is 0 Å². The Kier molecular flexibility index (Phi) is 7.05. The van der Waals surface area contributed by atoms with Crippen LogP contribution in [0.2, 0.25) is 0 Å². The second-order valence-electron chi connectivity index (χ2n) is 5.71. The van der Waals surface area contributed by atoms with Crippen LogP contribution >= 0.6 is 0 Å². The highest BCUT2D eigenvalue weighted by Crippen LogP contribution is 2.22. The lowest BCUT2D eigenvalue weighted by molar-refractivity contribution is -0.192. The van der Waals surface area contributed by atoms with E-state index in [0.717, 1.165) is 55.3 Å². The number of aromatic nitrogens is 3. The van der Waals surface area contributed by atoms with Crippen molar-refractivity contribution in [1.29, 1.82) is 0 Å². The molecule has 1 aliphatic heterocycles. The molecule has 0 saturated carbocycles. The summed E-state index contributed by atoms with van der Waals surface area (Å²) >= 11 is 0. The van der Waals surface area contributed by atoms with Crippen LogP contribution in [0.5, 0.6) is 5.88 Å². The Bertz CT molecular complexity index is 757. The van der Waals surface area contributed by atoms with Gasteiger partial charge < -0.3 is 9.84 Å². The highest BCUT2D eigenvalue weighted by molar-refractivity contribution is 5.73. The van der Waals surface area contributed by atoms with E-state index in [1.165, 1.54) is 0 Å². The highest BCUT2D eigenvalue weighted by atomic mass is 19.4. The topological polar surface area (TPSA) is 88.4 Å². The fourth-order valence-corrected chi connectivity index (χ4v) is 2.60. The molecule has 0 atom stereocenters. The lowest BCUT2D eigenvalue weighted by Crippen LogP contribution is -2.26. The van der Waals surface area contributed by atoms with Gasteiger partial charge in [-0.05, 0) is 18.6 Å². The summed E-state index contributed by atoms with van der Waals surface area (Å²) in [7, 11) is 1.67. The molecule has 7 nitrogen and oxygen atoms in total. The Balaban J connectivity index is 0.000000321. The van der Waals surface area contributed by atoms with Crippen LogP contribution in [-0.4, -0.2) is 57.3 Å². The van der Waals surface area contributed by atoms with Crippen molar-refractivity contribution in [3.05, 3.63) is 47.7 Å². The van der Waals surface area contributed by atoms with Gasteiger partial charge in [0.1, 0.15) is 6.33 Å². The summed E-state index contributed by atoms with van der Waals surface area (Å²) in [6.07, 6.45) is 0.204. The Morgan fingerprint density at radius 2 is 1.93 bits per heavy atom. The van der Waals surface area contributed by atoms with E-state index in [0.29, 0.717) is 0 Å². The van der Waals surface area contributed by atoms with Crippen LogP contribution in [0.4, 0.5) is 13.2 Å². The van der Waals surface area contributed by atoms with E-state index in [1.807, 2.05) is 18.3 Å². The molecule has 0 spiro atoms. The van der Waals surface area contributed by atoms with Crippen LogP contribution in [0.15, 0.2) is 30.7 Å². The number of rotatable bonds is 3. The minimum absolute atomic E-state index is 0.717. The molecule has 1 aliphatic rings. The molecule has 3 heterocycles. The Labute approximate surface area is 153 Å². The molecule has 2 aromatic heterocycles. The van der Waals surface area contributed by atoms with Crippen LogP contribution in [0.3, 0.4) is 0 Å². The first-order valence-corrected chi connectivity index (χ1v) is 8.10. The highest BCUT2D eigenvalue weighted by Gasteiger charge is 2.38. The van der Waals surface area contributed by atoms with E-state index in [9.17, 15) is 13.2 Å². The first kappa shape index (κ1) is 20.6. The maximum atomic E-state index is 10.6. The molecule has 0 unspecified atom stereocenters. The quantitative estimate of drug-likeness (QED) is 0.867. The molecule has 0 fully saturated rings. The third-order valence-electron chi connectivity index (χ3n) is 3.89. The molecule has 3 rings (SSSR count). The Morgan fingerprint density at radius 3 is 2.52 bits per heavy atom. The average molecular weight is 384 g/mol. The molecule has 2 aromatic rings. The minimum atomic E-state index is -5.08. The van der Waals surface area contributed by atoms with E-state index in [1.54, 1.807) is 13.4 Å². The van der Waals surface area contributed by atoms with Gasteiger partial charge in [0, 0.05) is 37.8 Å². The summed E-state index contributed by atoms with van der Waals surface area (Å²) in [5.41, 5.74) is 3.37. The number of aliphatic carboxylic acids is 1. The van der Waals surface area contributed by atoms with Gasteiger partial charge in [-0.25, -0.2) is 14.8 Å². The smallest absolute Gasteiger partial charge is 0.481 e. The fourth-order valence-electron chi connectivity index (χ4n) is 2.60. The molecule has 27 heavy (non-hydrogen) atoms. The largest absolute Gasteiger partial charge is 0.490 e. The fraction of sp³-hybridized carbons (Fsp3) is 0.412. The molecule has 0 amide bonds. The van der Waals surface area contributed by atoms with Gasteiger partial charge >= 0.3 is 12.1 Å². The molecular formula is C17H19F3N4O3. The summed E-state index contributed by atoms with van der Waals surface area (Å²) in [6, 6.07) is 6.05. The van der Waals surface area contributed by atoms with E-state index in [-0.39, 0.29) is 0 Å². The number of methoxy groups -OCH3 is 1. The van der Waals surface area contributed by atoms with Crippen LogP contribution < -0.4 is 4.74 Å². The predicted molar refractivity (Wildman–Crippen MR) is 89.2 cm³/mol. The number of fused-ring (bicyclic) bond motifs is 1. The predicted octanol–water partition coefficient (Wildman–Crippen LogP) is 2.11. The summed E-state index contributed by atoms with van der Waals surface area (Å²) < 4.78 is 37.1. The number of carbonyl (C=O) groups is 1. The zero-order chi connectivity index (χ0) is 19.9. The van der Waals surface area contributed by atoms with Gasteiger partial charge in [-0.3, -0.25) is 9.88 Å². The van der Waals surface area contributed by atoms with Gasteiger partial charge in [-0.1, -0.05) is 6.07 Å². The van der Waals surface area contributed by atoms with E-state index in [2.05, 4.69) is 25.9 Å². The average Bonchev–Trinajstić information content (AvgIpc) is 2.85. The summed E-state index contributed by atoms with van der Waals surface area (Å²) in [6.45, 7) is 2.85. The second-order valence-corrected chi connectivity index (χ2v) is 5.71. The number of pyridine rings is 1. The summed E-state index contributed by atoms with van der Waals surface area (Å²) in [5.74, 6) is -2.04.